The van der Waals surface area contributed by atoms with Crippen molar-refractivity contribution in [2.75, 3.05) is 23.5 Å². The number of halogens is 1. The van der Waals surface area contributed by atoms with Crippen LogP contribution in [0.4, 0.5) is 21.9 Å². The minimum Gasteiger partial charge on any atom is -0.497 e. The van der Waals surface area contributed by atoms with E-state index in [0.717, 1.165) is 4.47 Å². The van der Waals surface area contributed by atoms with Crippen molar-refractivity contribution in [3.05, 3.63) is 46.9 Å². The zero-order chi connectivity index (χ0) is 14.5. The molecule has 0 radical (unpaired) electrons. The molecule has 0 saturated carbocycles. The van der Waals surface area contributed by atoms with E-state index in [1.807, 2.05) is 0 Å². The number of nitrogens with two attached hydrogens (primary N) is 1. The molecule has 104 valence electrons. The molecule has 4 N–H and O–H groups in total. The van der Waals surface area contributed by atoms with Crippen LogP contribution in [0.2, 0.25) is 0 Å². The van der Waals surface area contributed by atoms with Gasteiger partial charge in [0.05, 0.1) is 12.8 Å². The Morgan fingerprint density at radius 1 is 1.15 bits per heavy atom. The van der Waals surface area contributed by atoms with Crippen molar-refractivity contribution in [2.45, 2.75) is 0 Å². The van der Waals surface area contributed by atoms with Gasteiger partial charge in [0, 0.05) is 21.9 Å². The highest BCUT2D eigenvalue weighted by atomic mass is 79.9. The molecule has 0 aromatic heterocycles. The molecule has 0 bridgehead atoms. The van der Waals surface area contributed by atoms with E-state index in [1.165, 1.54) is 0 Å². The lowest BCUT2D eigenvalue weighted by Crippen LogP contribution is -2.19. The zero-order valence-electron chi connectivity index (χ0n) is 10.8. The number of methoxy groups -OCH3 is 1. The first-order chi connectivity index (χ1) is 9.58. The minimum atomic E-state index is -0.344. The second kappa shape index (κ2) is 6.29. The molecule has 2 aromatic rings. The molecule has 6 heteroatoms. The molecule has 5 nitrogen and oxygen atoms in total. The topological polar surface area (TPSA) is 76.4 Å². The Morgan fingerprint density at radius 3 is 2.50 bits per heavy atom. The zero-order valence-corrected chi connectivity index (χ0v) is 12.4. The molecule has 2 rings (SSSR count). The van der Waals surface area contributed by atoms with Crippen molar-refractivity contribution < 1.29 is 9.53 Å². The van der Waals surface area contributed by atoms with Gasteiger partial charge in [0.2, 0.25) is 0 Å². The van der Waals surface area contributed by atoms with Crippen LogP contribution in [0, 0.1) is 0 Å². The maximum Gasteiger partial charge on any atom is 0.323 e. The van der Waals surface area contributed by atoms with Crippen molar-refractivity contribution >= 4 is 39.0 Å². The van der Waals surface area contributed by atoms with E-state index >= 15 is 0 Å². The summed E-state index contributed by atoms with van der Waals surface area (Å²) < 4.78 is 5.89. The van der Waals surface area contributed by atoms with Crippen LogP contribution < -0.4 is 21.1 Å². The van der Waals surface area contributed by atoms with Gasteiger partial charge in [-0.05, 0) is 52.3 Å². The van der Waals surface area contributed by atoms with Crippen molar-refractivity contribution in [3.8, 4) is 5.75 Å². The second-order valence-corrected chi connectivity index (χ2v) is 4.90. The Bertz CT molecular complexity index is 614. The molecule has 0 spiro atoms. The van der Waals surface area contributed by atoms with E-state index in [2.05, 4.69) is 26.6 Å². The fraction of sp³-hybridized carbons (Fsp3) is 0.0714. The summed E-state index contributed by atoms with van der Waals surface area (Å²) in [6, 6.07) is 11.9. The fourth-order valence-electron chi connectivity index (χ4n) is 1.58. The van der Waals surface area contributed by atoms with Crippen LogP contribution in [0.25, 0.3) is 0 Å². The van der Waals surface area contributed by atoms with E-state index < -0.39 is 0 Å². The van der Waals surface area contributed by atoms with E-state index in [0.29, 0.717) is 22.8 Å². The van der Waals surface area contributed by atoms with Gasteiger partial charge in [0.25, 0.3) is 0 Å². The quantitative estimate of drug-likeness (QED) is 0.748. The van der Waals surface area contributed by atoms with Gasteiger partial charge in [-0.25, -0.2) is 4.79 Å². The third kappa shape index (κ3) is 3.64. The number of ether oxygens (including phenoxy) is 1. The number of nitrogen functional groups attached to an aromatic ring is 1. The number of nitrogens with one attached hydrogen (secondary N) is 2. The predicted octanol–water partition coefficient (Wildman–Crippen LogP) is 3.68. The smallest absolute Gasteiger partial charge is 0.323 e. The summed E-state index contributed by atoms with van der Waals surface area (Å²) in [6.07, 6.45) is 0. The summed E-state index contributed by atoms with van der Waals surface area (Å²) in [7, 11) is 1.57. The third-order valence-corrected chi connectivity index (χ3v) is 3.28. The summed E-state index contributed by atoms with van der Waals surface area (Å²) in [4.78, 5) is 11.9. The summed E-state index contributed by atoms with van der Waals surface area (Å²) in [6.45, 7) is 0. The average molecular weight is 336 g/mol. The molecule has 0 unspecified atom stereocenters. The first-order valence-electron chi connectivity index (χ1n) is 5.85. The van der Waals surface area contributed by atoms with E-state index in [4.69, 9.17) is 10.5 Å². The highest BCUT2D eigenvalue weighted by Crippen LogP contribution is 2.27. The van der Waals surface area contributed by atoms with Gasteiger partial charge >= 0.3 is 6.03 Å². The summed E-state index contributed by atoms with van der Waals surface area (Å²) in [5, 5.41) is 5.45. The lowest BCUT2D eigenvalue weighted by atomic mass is 10.3. The van der Waals surface area contributed by atoms with Gasteiger partial charge in [-0.2, -0.15) is 0 Å². The molecular formula is C14H14BrN3O2. The molecule has 0 atom stereocenters. The highest BCUT2D eigenvalue weighted by Gasteiger charge is 2.07. The van der Waals surface area contributed by atoms with Gasteiger partial charge in [-0.15, -0.1) is 0 Å². The molecule has 0 aliphatic rings. The molecular weight excluding hydrogens is 322 g/mol. The van der Waals surface area contributed by atoms with Gasteiger partial charge in [-0.3, -0.25) is 0 Å². The van der Waals surface area contributed by atoms with Crippen molar-refractivity contribution in [1.29, 1.82) is 0 Å². The molecule has 0 heterocycles. The Morgan fingerprint density at radius 2 is 1.85 bits per heavy atom. The van der Waals surface area contributed by atoms with Crippen molar-refractivity contribution in [3.63, 3.8) is 0 Å². The molecule has 0 aliphatic carbocycles. The first kappa shape index (κ1) is 14.2. The van der Waals surface area contributed by atoms with Gasteiger partial charge in [-0.1, -0.05) is 0 Å². The molecule has 2 aromatic carbocycles. The van der Waals surface area contributed by atoms with Crippen molar-refractivity contribution in [2.24, 2.45) is 0 Å². The Labute approximate surface area is 125 Å². The van der Waals surface area contributed by atoms with Gasteiger partial charge in [0.1, 0.15) is 5.75 Å². The monoisotopic (exact) mass is 335 g/mol. The van der Waals surface area contributed by atoms with Crippen LogP contribution in [-0.2, 0) is 0 Å². The molecule has 0 saturated heterocycles. The lowest BCUT2D eigenvalue weighted by molar-refractivity contribution is 0.262. The van der Waals surface area contributed by atoms with Gasteiger partial charge in [0.15, 0.2) is 0 Å². The molecule has 20 heavy (non-hydrogen) atoms. The number of rotatable bonds is 3. The van der Waals surface area contributed by atoms with E-state index in [9.17, 15) is 4.79 Å². The number of carbonyl (C=O) groups is 1. The number of urea groups is 1. The van der Waals surface area contributed by atoms with Crippen LogP contribution >= 0.6 is 15.9 Å². The maximum atomic E-state index is 11.9. The van der Waals surface area contributed by atoms with Crippen LogP contribution in [0.3, 0.4) is 0 Å². The minimum absolute atomic E-state index is 0.344. The molecule has 2 amide bonds. The van der Waals surface area contributed by atoms with Crippen molar-refractivity contribution in [1.82, 2.24) is 0 Å². The number of amides is 2. The Hall–Kier alpha value is -2.21. The second-order valence-electron chi connectivity index (χ2n) is 4.05. The summed E-state index contributed by atoms with van der Waals surface area (Å²) >= 11 is 3.37. The Kier molecular flexibility index (Phi) is 4.47. The number of hydrogen-bond donors (Lipinski definition) is 3. The first-order valence-corrected chi connectivity index (χ1v) is 6.65. The third-order valence-electron chi connectivity index (χ3n) is 2.59. The number of carbonyl (C=O) groups excluding carboxylic acids is 1. The summed E-state index contributed by atoms with van der Waals surface area (Å²) in [5.74, 6) is 0.663. The van der Waals surface area contributed by atoms with Crippen LogP contribution in [0.1, 0.15) is 0 Å². The normalized spacial score (nSPS) is 9.90. The highest BCUT2D eigenvalue weighted by molar-refractivity contribution is 9.10. The largest absolute Gasteiger partial charge is 0.497 e. The number of benzene rings is 2. The number of anilines is 3. The Balaban J connectivity index is 2.06. The van der Waals surface area contributed by atoms with Crippen LogP contribution in [0.5, 0.6) is 5.75 Å². The van der Waals surface area contributed by atoms with Gasteiger partial charge < -0.3 is 21.1 Å². The number of hydrogen-bond acceptors (Lipinski definition) is 3. The standard InChI is InChI=1S/C14H14BrN3O2/c1-20-11-6-7-12(15)13(8-11)18-14(19)17-10-4-2-9(16)3-5-10/h2-8H,16H2,1H3,(H2,17,18,19). The maximum absolute atomic E-state index is 11.9. The molecule has 0 fully saturated rings. The lowest BCUT2D eigenvalue weighted by Gasteiger charge is -2.10. The van der Waals surface area contributed by atoms with Crippen LogP contribution in [0.15, 0.2) is 46.9 Å². The predicted molar refractivity (Wildman–Crippen MR) is 84.2 cm³/mol. The summed E-state index contributed by atoms with van der Waals surface area (Å²) in [5.41, 5.74) is 7.51. The van der Waals surface area contributed by atoms with E-state index in [1.54, 1.807) is 49.6 Å². The van der Waals surface area contributed by atoms with Crippen LogP contribution in [-0.4, -0.2) is 13.1 Å². The SMILES string of the molecule is COc1ccc(Br)c(NC(=O)Nc2ccc(N)cc2)c1. The fourth-order valence-corrected chi connectivity index (χ4v) is 1.92. The average Bonchev–Trinajstić information content (AvgIpc) is 2.44. The van der Waals surface area contributed by atoms with E-state index in [-0.39, 0.29) is 6.03 Å². The molecule has 0 aliphatic heterocycles.